The Morgan fingerprint density at radius 2 is 1.68 bits per heavy atom. The Labute approximate surface area is 181 Å². The fourth-order valence-electron chi connectivity index (χ4n) is 4.27. The molecule has 1 fully saturated rings. The maximum absolute atomic E-state index is 13.1. The average molecular weight is 447 g/mol. The number of amides is 1. The van der Waals surface area contributed by atoms with Gasteiger partial charge in [0.15, 0.2) is 17.2 Å². The zero-order chi connectivity index (χ0) is 21.4. The molecule has 0 N–H and O–H groups in total. The molecule has 0 spiro atoms. The third kappa shape index (κ3) is 3.89. The number of carbonyl (C=O) groups is 1. The third-order valence-electron chi connectivity index (χ3n) is 6.02. The van der Waals surface area contributed by atoms with Gasteiger partial charge in [-0.25, -0.2) is 8.42 Å². The number of carbonyl (C=O) groups excluding carboxylic acids is 1. The number of nitrogens with zero attached hydrogens (tertiary/aromatic N) is 4. The van der Waals surface area contributed by atoms with Gasteiger partial charge in [-0.05, 0) is 37.5 Å². The maximum atomic E-state index is 13.1. The van der Waals surface area contributed by atoms with Crippen LogP contribution < -0.4 is 9.47 Å². The molecule has 5 rings (SSSR count). The van der Waals surface area contributed by atoms with Crippen LogP contribution in [0.1, 0.15) is 35.4 Å². The molecule has 0 saturated carbocycles. The number of hydrogen-bond acceptors (Lipinski definition) is 6. The average Bonchev–Trinajstić information content (AvgIpc) is 3.09. The minimum Gasteiger partial charge on any atom is -0.490 e. The minimum absolute atomic E-state index is 0.130. The maximum Gasteiger partial charge on any atom is 0.274 e. The van der Waals surface area contributed by atoms with Crippen LogP contribution in [-0.4, -0.2) is 72.7 Å². The molecule has 3 aliphatic rings. The highest BCUT2D eigenvalue weighted by molar-refractivity contribution is 7.89. The van der Waals surface area contributed by atoms with Crippen LogP contribution in [0.2, 0.25) is 0 Å². The minimum atomic E-state index is -3.68. The Balaban J connectivity index is 1.27. The number of piperazine rings is 1. The number of benzene rings is 1. The van der Waals surface area contributed by atoms with Gasteiger partial charge in [-0.3, -0.25) is 9.48 Å². The van der Waals surface area contributed by atoms with Crippen LogP contribution in [0.25, 0.3) is 0 Å². The fourth-order valence-corrected chi connectivity index (χ4v) is 5.71. The SMILES string of the molecule is O=C(c1cc2n(n1)CCCC2)N1CCN(S(=O)(=O)c2ccc3c(c2)OCCCO3)CC1. The summed E-state index contributed by atoms with van der Waals surface area (Å²) in [5.74, 6) is 0.889. The number of sulfonamides is 1. The van der Waals surface area contributed by atoms with E-state index in [0.29, 0.717) is 43.5 Å². The van der Waals surface area contributed by atoms with E-state index in [1.807, 2.05) is 10.7 Å². The number of rotatable bonds is 3. The lowest BCUT2D eigenvalue weighted by atomic mass is 10.1. The lowest BCUT2D eigenvalue weighted by Crippen LogP contribution is -2.50. The first-order valence-electron chi connectivity index (χ1n) is 10.8. The van der Waals surface area contributed by atoms with E-state index in [1.54, 1.807) is 17.0 Å². The summed E-state index contributed by atoms with van der Waals surface area (Å²) in [5.41, 5.74) is 1.56. The van der Waals surface area contributed by atoms with Gasteiger partial charge in [0.25, 0.3) is 5.91 Å². The van der Waals surface area contributed by atoms with Crippen LogP contribution in [0.5, 0.6) is 11.5 Å². The van der Waals surface area contributed by atoms with E-state index >= 15 is 0 Å². The molecule has 1 aromatic heterocycles. The van der Waals surface area contributed by atoms with E-state index in [-0.39, 0.29) is 23.9 Å². The second-order valence-corrected chi connectivity index (χ2v) is 9.99. The summed E-state index contributed by atoms with van der Waals surface area (Å²) in [6, 6.07) is 6.61. The molecule has 3 aliphatic heterocycles. The summed E-state index contributed by atoms with van der Waals surface area (Å²) >= 11 is 0. The van der Waals surface area contributed by atoms with Gasteiger partial charge in [0.2, 0.25) is 10.0 Å². The molecular formula is C21H26N4O5S. The smallest absolute Gasteiger partial charge is 0.274 e. The predicted molar refractivity (Wildman–Crippen MR) is 112 cm³/mol. The van der Waals surface area contributed by atoms with Gasteiger partial charge >= 0.3 is 0 Å². The van der Waals surface area contributed by atoms with Crippen molar-refractivity contribution in [2.24, 2.45) is 0 Å². The summed E-state index contributed by atoms with van der Waals surface area (Å²) < 4.78 is 40.9. The molecule has 2 aromatic rings. The van der Waals surface area contributed by atoms with Crippen molar-refractivity contribution in [2.45, 2.75) is 37.1 Å². The fraction of sp³-hybridized carbons (Fsp3) is 0.524. The van der Waals surface area contributed by atoms with Crippen LogP contribution in [0.3, 0.4) is 0 Å². The van der Waals surface area contributed by atoms with Crippen LogP contribution in [0.4, 0.5) is 0 Å². The monoisotopic (exact) mass is 446 g/mol. The van der Waals surface area contributed by atoms with Crippen molar-refractivity contribution >= 4 is 15.9 Å². The Bertz CT molecular complexity index is 1070. The molecule has 0 radical (unpaired) electrons. The van der Waals surface area contributed by atoms with Gasteiger partial charge in [-0.15, -0.1) is 0 Å². The van der Waals surface area contributed by atoms with E-state index in [2.05, 4.69) is 5.10 Å². The number of aromatic nitrogens is 2. The largest absolute Gasteiger partial charge is 0.490 e. The molecule has 1 saturated heterocycles. The van der Waals surface area contributed by atoms with Crippen molar-refractivity contribution < 1.29 is 22.7 Å². The van der Waals surface area contributed by atoms with Gasteiger partial charge in [-0.1, -0.05) is 0 Å². The molecule has 0 unspecified atom stereocenters. The molecule has 31 heavy (non-hydrogen) atoms. The van der Waals surface area contributed by atoms with Crippen LogP contribution in [0.15, 0.2) is 29.2 Å². The molecule has 0 aliphatic carbocycles. The second kappa shape index (κ2) is 8.16. The summed E-state index contributed by atoms with van der Waals surface area (Å²) in [6.07, 6.45) is 3.91. The van der Waals surface area contributed by atoms with Crippen molar-refractivity contribution in [1.82, 2.24) is 19.0 Å². The number of ether oxygens (including phenoxy) is 2. The standard InChI is InChI=1S/C21H26N4O5S/c26-21(18-14-16-4-1-2-7-25(16)22-18)23-8-10-24(11-9-23)31(27,28)17-5-6-19-20(15-17)30-13-3-12-29-19/h5-6,14-15H,1-4,7-13H2. The highest BCUT2D eigenvalue weighted by atomic mass is 32.2. The van der Waals surface area contributed by atoms with Crippen LogP contribution in [-0.2, 0) is 23.0 Å². The first-order valence-corrected chi connectivity index (χ1v) is 12.2. The van der Waals surface area contributed by atoms with Crippen molar-refractivity contribution in [3.8, 4) is 11.5 Å². The summed E-state index contributed by atoms with van der Waals surface area (Å²) in [6.45, 7) is 3.07. The van der Waals surface area contributed by atoms with Gasteiger partial charge in [-0.2, -0.15) is 9.40 Å². The zero-order valence-electron chi connectivity index (χ0n) is 17.3. The van der Waals surface area contributed by atoms with E-state index in [9.17, 15) is 13.2 Å². The van der Waals surface area contributed by atoms with E-state index in [0.717, 1.165) is 37.9 Å². The molecular weight excluding hydrogens is 420 g/mol. The van der Waals surface area contributed by atoms with Gasteiger partial charge in [0.05, 0.1) is 18.1 Å². The van der Waals surface area contributed by atoms with Crippen LogP contribution in [0, 0.1) is 0 Å². The number of aryl methyl sites for hydroxylation is 2. The highest BCUT2D eigenvalue weighted by Gasteiger charge is 2.32. The molecule has 1 aromatic carbocycles. The normalized spacial score (nSPS) is 19.5. The Morgan fingerprint density at radius 1 is 0.903 bits per heavy atom. The van der Waals surface area contributed by atoms with Gasteiger partial charge in [0.1, 0.15) is 0 Å². The topological polar surface area (TPSA) is 94.0 Å². The molecule has 4 heterocycles. The lowest BCUT2D eigenvalue weighted by molar-refractivity contribution is 0.0691. The summed E-state index contributed by atoms with van der Waals surface area (Å²) in [7, 11) is -3.68. The van der Waals surface area contributed by atoms with Gasteiger partial charge in [0, 0.05) is 50.9 Å². The molecule has 0 bridgehead atoms. The lowest BCUT2D eigenvalue weighted by Gasteiger charge is -2.33. The predicted octanol–water partition coefficient (Wildman–Crippen LogP) is 1.53. The zero-order valence-corrected chi connectivity index (χ0v) is 18.1. The molecule has 0 atom stereocenters. The van der Waals surface area contributed by atoms with Crippen LogP contribution >= 0.6 is 0 Å². The quantitative estimate of drug-likeness (QED) is 0.710. The van der Waals surface area contributed by atoms with E-state index in [4.69, 9.17) is 9.47 Å². The van der Waals surface area contributed by atoms with E-state index < -0.39 is 10.0 Å². The van der Waals surface area contributed by atoms with Crippen molar-refractivity contribution in [3.63, 3.8) is 0 Å². The molecule has 10 heteroatoms. The summed E-state index contributed by atoms with van der Waals surface area (Å²) in [4.78, 5) is 14.8. The third-order valence-corrected chi connectivity index (χ3v) is 7.91. The molecule has 9 nitrogen and oxygen atoms in total. The molecule has 166 valence electrons. The highest BCUT2D eigenvalue weighted by Crippen LogP contribution is 2.33. The van der Waals surface area contributed by atoms with Gasteiger partial charge < -0.3 is 14.4 Å². The van der Waals surface area contributed by atoms with Crippen molar-refractivity contribution in [2.75, 3.05) is 39.4 Å². The first kappa shape index (κ1) is 20.3. The Morgan fingerprint density at radius 3 is 2.45 bits per heavy atom. The number of hydrogen-bond donors (Lipinski definition) is 0. The van der Waals surface area contributed by atoms with Crippen molar-refractivity contribution in [3.05, 3.63) is 35.7 Å². The van der Waals surface area contributed by atoms with E-state index in [1.165, 1.54) is 10.4 Å². The molecule has 1 amide bonds. The first-order chi connectivity index (χ1) is 15.0. The Kier molecular flexibility index (Phi) is 5.35. The second-order valence-electron chi connectivity index (χ2n) is 8.06. The Hall–Kier alpha value is -2.59. The summed E-state index contributed by atoms with van der Waals surface area (Å²) in [5, 5.41) is 4.46. The van der Waals surface area contributed by atoms with Crippen molar-refractivity contribution in [1.29, 1.82) is 0 Å². The number of fused-ring (bicyclic) bond motifs is 2.